The molecule has 1 aliphatic rings. The highest BCUT2D eigenvalue weighted by atomic mass is 32.1. The summed E-state index contributed by atoms with van der Waals surface area (Å²) in [4.78, 5) is 21.7. The van der Waals surface area contributed by atoms with Crippen LogP contribution in [0, 0.1) is 0 Å². The highest BCUT2D eigenvalue weighted by Gasteiger charge is 2.24. The summed E-state index contributed by atoms with van der Waals surface area (Å²) in [6.45, 7) is 5.39. The molecule has 2 heterocycles. The van der Waals surface area contributed by atoms with Crippen LogP contribution in [0.1, 0.15) is 22.3 Å². The third-order valence-electron chi connectivity index (χ3n) is 3.00. The zero-order valence-corrected chi connectivity index (χ0v) is 12.0. The fraction of sp³-hybridized carbons (Fsp3) is 0.667. The Balaban J connectivity index is 2.22. The smallest absolute Gasteiger partial charge is 0.266 e. The molecule has 0 bridgehead atoms. The number of aromatic nitrogens is 1. The molecular weight excluding hydrogens is 248 g/mol. The Morgan fingerprint density at radius 1 is 1.44 bits per heavy atom. The van der Waals surface area contributed by atoms with Gasteiger partial charge in [0.05, 0.1) is 5.69 Å². The van der Waals surface area contributed by atoms with Crippen molar-refractivity contribution in [3.8, 4) is 0 Å². The van der Waals surface area contributed by atoms with E-state index in [0.717, 1.165) is 48.3 Å². The number of anilines is 1. The Hall–Kier alpha value is -1.14. The average Bonchev–Trinajstić information content (AvgIpc) is 2.83. The third kappa shape index (κ3) is 2.64. The van der Waals surface area contributed by atoms with E-state index in [1.165, 1.54) is 11.3 Å². The molecule has 1 aromatic rings. The van der Waals surface area contributed by atoms with Crippen LogP contribution in [-0.2, 0) is 6.42 Å². The minimum Gasteiger partial charge on any atom is -0.354 e. The molecule has 1 amide bonds. The molecule has 5 nitrogen and oxygen atoms in total. The van der Waals surface area contributed by atoms with Crippen LogP contribution in [0.2, 0.25) is 0 Å². The summed E-state index contributed by atoms with van der Waals surface area (Å²) >= 11 is 1.50. The number of amides is 1. The maximum Gasteiger partial charge on any atom is 0.266 e. The largest absolute Gasteiger partial charge is 0.354 e. The van der Waals surface area contributed by atoms with Crippen molar-refractivity contribution in [1.82, 2.24) is 15.2 Å². The summed E-state index contributed by atoms with van der Waals surface area (Å²) in [6, 6.07) is 0. The van der Waals surface area contributed by atoms with Gasteiger partial charge in [0.2, 0.25) is 0 Å². The Bertz CT molecular complexity index is 424. The number of thiazole rings is 1. The lowest BCUT2D eigenvalue weighted by Crippen LogP contribution is -2.46. The molecule has 1 saturated heterocycles. The first-order chi connectivity index (χ1) is 8.63. The number of hydrogen-bond donors (Lipinski definition) is 1. The molecule has 1 aliphatic heterocycles. The number of rotatable bonds is 3. The van der Waals surface area contributed by atoms with E-state index in [1.54, 1.807) is 0 Å². The van der Waals surface area contributed by atoms with E-state index < -0.39 is 0 Å². The third-order valence-corrected chi connectivity index (χ3v) is 4.26. The van der Waals surface area contributed by atoms with Gasteiger partial charge < -0.3 is 15.1 Å². The van der Waals surface area contributed by atoms with Crippen LogP contribution in [0.5, 0.6) is 0 Å². The summed E-state index contributed by atoms with van der Waals surface area (Å²) in [6.07, 6.45) is 0.803. The van der Waals surface area contributed by atoms with Crippen LogP contribution < -0.4 is 10.2 Å². The van der Waals surface area contributed by atoms with Gasteiger partial charge in [0.1, 0.15) is 4.88 Å². The van der Waals surface area contributed by atoms with Gasteiger partial charge in [-0.2, -0.15) is 0 Å². The fourth-order valence-corrected chi connectivity index (χ4v) is 2.99. The SMILES string of the molecule is CCc1nc(N(C)C)sc1C(=O)N1CCNCC1. The van der Waals surface area contributed by atoms with Gasteiger partial charge in [-0.25, -0.2) is 4.98 Å². The number of hydrogen-bond acceptors (Lipinski definition) is 5. The second-order valence-electron chi connectivity index (χ2n) is 4.56. The molecule has 0 atom stereocenters. The van der Waals surface area contributed by atoms with Crippen molar-refractivity contribution >= 4 is 22.4 Å². The van der Waals surface area contributed by atoms with Crippen molar-refractivity contribution in [2.45, 2.75) is 13.3 Å². The number of carbonyl (C=O) groups excluding carboxylic acids is 1. The molecule has 0 saturated carbocycles. The molecule has 0 unspecified atom stereocenters. The first-order valence-corrected chi connectivity index (χ1v) is 7.12. The summed E-state index contributed by atoms with van der Waals surface area (Å²) in [5, 5.41) is 4.17. The summed E-state index contributed by atoms with van der Waals surface area (Å²) in [7, 11) is 3.91. The number of nitrogens with one attached hydrogen (secondary N) is 1. The van der Waals surface area contributed by atoms with Crippen LogP contribution in [0.15, 0.2) is 0 Å². The lowest BCUT2D eigenvalue weighted by Gasteiger charge is -2.27. The van der Waals surface area contributed by atoms with E-state index >= 15 is 0 Å². The maximum absolute atomic E-state index is 12.5. The van der Waals surface area contributed by atoms with Crippen molar-refractivity contribution in [3.63, 3.8) is 0 Å². The van der Waals surface area contributed by atoms with Gasteiger partial charge in [-0.15, -0.1) is 0 Å². The normalized spacial score (nSPS) is 15.8. The predicted molar refractivity (Wildman–Crippen MR) is 74.6 cm³/mol. The predicted octanol–water partition coefficient (Wildman–Crippen LogP) is 0.817. The van der Waals surface area contributed by atoms with Crippen molar-refractivity contribution < 1.29 is 4.79 Å². The first-order valence-electron chi connectivity index (χ1n) is 6.30. The number of nitrogens with zero attached hydrogens (tertiary/aromatic N) is 3. The average molecular weight is 268 g/mol. The highest BCUT2D eigenvalue weighted by Crippen LogP contribution is 2.26. The Kier molecular flexibility index (Phi) is 4.19. The zero-order chi connectivity index (χ0) is 13.1. The topological polar surface area (TPSA) is 48.5 Å². The quantitative estimate of drug-likeness (QED) is 0.881. The molecule has 1 N–H and O–H groups in total. The molecule has 0 aromatic carbocycles. The number of aryl methyl sites for hydroxylation is 1. The number of piperazine rings is 1. The standard InChI is InChI=1S/C12H20N4OS/c1-4-9-10(18-12(14-9)15(2)3)11(17)16-7-5-13-6-8-16/h13H,4-8H2,1-3H3. The van der Waals surface area contributed by atoms with E-state index in [4.69, 9.17) is 0 Å². The van der Waals surface area contributed by atoms with Crippen molar-refractivity contribution in [3.05, 3.63) is 10.6 Å². The van der Waals surface area contributed by atoms with Crippen LogP contribution in [-0.4, -0.2) is 56.1 Å². The van der Waals surface area contributed by atoms with Crippen LogP contribution >= 0.6 is 11.3 Å². The Morgan fingerprint density at radius 2 is 2.11 bits per heavy atom. The molecule has 1 fully saturated rings. The molecule has 100 valence electrons. The monoisotopic (exact) mass is 268 g/mol. The summed E-state index contributed by atoms with van der Waals surface area (Å²) < 4.78 is 0. The van der Waals surface area contributed by atoms with E-state index in [9.17, 15) is 4.79 Å². The van der Waals surface area contributed by atoms with Crippen LogP contribution in [0.25, 0.3) is 0 Å². The van der Waals surface area contributed by atoms with Gasteiger partial charge in [-0.1, -0.05) is 18.3 Å². The second kappa shape index (κ2) is 5.67. The van der Waals surface area contributed by atoms with E-state index in [1.807, 2.05) is 30.8 Å². The van der Waals surface area contributed by atoms with E-state index in [-0.39, 0.29) is 5.91 Å². The van der Waals surface area contributed by atoms with E-state index in [2.05, 4.69) is 10.3 Å². The van der Waals surface area contributed by atoms with Gasteiger partial charge in [0.15, 0.2) is 5.13 Å². The van der Waals surface area contributed by atoms with Crippen molar-refractivity contribution in [1.29, 1.82) is 0 Å². The van der Waals surface area contributed by atoms with Gasteiger partial charge in [-0.3, -0.25) is 4.79 Å². The van der Waals surface area contributed by atoms with Crippen molar-refractivity contribution in [2.24, 2.45) is 0 Å². The first kappa shape index (κ1) is 13.3. The summed E-state index contributed by atoms with van der Waals surface area (Å²) in [5.41, 5.74) is 0.923. The minimum absolute atomic E-state index is 0.138. The van der Waals surface area contributed by atoms with Crippen molar-refractivity contribution in [2.75, 3.05) is 45.2 Å². The highest BCUT2D eigenvalue weighted by molar-refractivity contribution is 7.17. The fourth-order valence-electron chi connectivity index (χ4n) is 1.95. The molecule has 0 radical (unpaired) electrons. The van der Waals surface area contributed by atoms with E-state index in [0.29, 0.717) is 0 Å². The zero-order valence-electron chi connectivity index (χ0n) is 11.2. The Morgan fingerprint density at radius 3 is 2.67 bits per heavy atom. The molecule has 0 spiro atoms. The molecule has 2 rings (SSSR count). The van der Waals surface area contributed by atoms with Crippen LogP contribution in [0.3, 0.4) is 0 Å². The lowest BCUT2D eigenvalue weighted by atomic mass is 10.2. The molecule has 1 aromatic heterocycles. The number of carbonyl (C=O) groups is 1. The van der Waals surface area contributed by atoms with Gasteiger partial charge >= 0.3 is 0 Å². The molecule has 6 heteroatoms. The lowest BCUT2D eigenvalue weighted by molar-refractivity contribution is 0.0739. The molecule has 0 aliphatic carbocycles. The molecule has 18 heavy (non-hydrogen) atoms. The van der Waals surface area contributed by atoms with Gasteiger partial charge in [0, 0.05) is 40.3 Å². The van der Waals surface area contributed by atoms with Gasteiger partial charge in [0.25, 0.3) is 5.91 Å². The second-order valence-corrected chi connectivity index (χ2v) is 5.54. The van der Waals surface area contributed by atoms with Gasteiger partial charge in [-0.05, 0) is 6.42 Å². The summed E-state index contributed by atoms with van der Waals surface area (Å²) in [5.74, 6) is 0.138. The molecular formula is C12H20N4OS. The Labute approximate surface area is 112 Å². The van der Waals surface area contributed by atoms with Crippen LogP contribution in [0.4, 0.5) is 5.13 Å². The minimum atomic E-state index is 0.138. The maximum atomic E-state index is 12.5.